The number of halogens is 1. The van der Waals surface area contributed by atoms with Crippen LogP contribution in [0.15, 0.2) is 15.8 Å². The number of hydrogen-bond donors (Lipinski definition) is 2. The molecule has 5 nitrogen and oxygen atoms in total. The molecule has 1 aromatic heterocycles. The fraction of sp³-hybridized carbons (Fsp3) is 0.286. The lowest BCUT2D eigenvalue weighted by molar-refractivity contribution is -0.109. The highest BCUT2D eigenvalue weighted by atomic mass is 35.5. The molecule has 0 aliphatic carbocycles. The molecule has 0 aliphatic rings. The van der Waals surface area contributed by atoms with E-state index in [1.807, 2.05) is 0 Å². The summed E-state index contributed by atoms with van der Waals surface area (Å²) >= 11 is 4.64. The van der Waals surface area contributed by atoms with E-state index in [0.717, 1.165) is 0 Å². The van der Waals surface area contributed by atoms with Gasteiger partial charge in [0.2, 0.25) is 5.24 Å². The molecule has 2 N–H and O–H groups in total. The van der Waals surface area contributed by atoms with Gasteiger partial charge in [0.25, 0.3) is 5.56 Å². The number of hydrogen-bond acceptors (Lipinski definition) is 3. The van der Waals surface area contributed by atoms with Crippen LogP contribution in [-0.2, 0) is 4.79 Å². The van der Waals surface area contributed by atoms with Gasteiger partial charge >= 0.3 is 5.69 Å². The highest BCUT2D eigenvalue weighted by Gasteiger charge is 1.88. The Kier molecular flexibility index (Phi) is 4.76. The van der Waals surface area contributed by atoms with Crippen LogP contribution >= 0.6 is 11.6 Å². The summed E-state index contributed by atoms with van der Waals surface area (Å²) in [5, 5.41) is -0.361. The van der Waals surface area contributed by atoms with Crippen LogP contribution in [0.1, 0.15) is 12.5 Å². The maximum Gasteiger partial charge on any atom is 0.325 e. The highest BCUT2D eigenvalue weighted by molar-refractivity contribution is 6.62. The quantitative estimate of drug-likeness (QED) is 0.590. The Morgan fingerprint density at radius 1 is 1.46 bits per heavy atom. The van der Waals surface area contributed by atoms with Gasteiger partial charge in [0.05, 0.1) is 0 Å². The zero-order chi connectivity index (χ0) is 10.4. The summed E-state index contributed by atoms with van der Waals surface area (Å²) in [7, 11) is 0. The molecule has 0 aromatic carbocycles. The van der Waals surface area contributed by atoms with Gasteiger partial charge in [-0.15, -0.1) is 0 Å². The molecule has 0 amide bonds. The molecule has 0 atom stereocenters. The summed E-state index contributed by atoms with van der Waals surface area (Å²) in [6.07, 6.45) is 1.38. The first-order valence-corrected chi connectivity index (χ1v) is 3.76. The van der Waals surface area contributed by atoms with Crippen molar-refractivity contribution in [3.63, 3.8) is 0 Å². The second-order valence-electron chi connectivity index (χ2n) is 2.23. The smallest absolute Gasteiger partial charge is 0.314 e. The first kappa shape index (κ1) is 11.6. The van der Waals surface area contributed by atoms with Crippen molar-refractivity contribution in [3.05, 3.63) is 32.6 Å². The Morgan fingerprint density at radius 2 is 1.92 bits per heavy atom. The van der Waals surface area contributed by atoms with Crippen LogP contribution < -0.4 is 11.2 Å². The molecule has 0 spiro atoms. The Labute approximate surface area is 78.8 Å². The maximum atomic E-state index is 10.6. The van der Waals surface area contributed by atoms with E-state index in [-0.39, 0.29) is 10.8 Å². The minimum atomic E-state index is -0.467. The molecule has 13 heavy (non-hydrogen) atoms. The molecule has 0 saturated heterocycles. The van der Waals surface area contributed by atoms with Gasteiger partial charge in [-0.25, -0.2) is 4.79 Å². The van der Waals surface area contributed by atoms with Crippen molar-refractivity contribution in [3.8, 4) is 0 Å². The molecule has 0 unspecified atom stereocenters. The molecular weight excluding hydrogens is 196 g/mol. The number of carbonyl (C=O) groups excluding carboxylic acids is 1. The van der Waals surface area contributed by atoms with Crippen LogP contribution in [0.25, 0.3) is 0 Å². The van der Waals surface area contributed by atoms with Crippen LogP contribution in [0.4, 0.5) is 0 Å². The summed E-state index contributed by atoms with van der Waals surface area (Å²) in [5.41, 5.74) is -0.293. The van der Waals surface area contributed by atoms with E-state index in [9.17, 15) is 14.4 Å². The van der Waals surface area contributed by atoms with Crippen LogP contribution in [0, 0.1) is 6.92 Å². The van der Waals surface area contributed by atoms with Crippen molar-refractivity contribution < 1.29 is 4.79 Å². The van der Waals surface area contributed by atoms with Crippen LogP contribution in [0.5, 0.6) is 0 Å². The van der Waals surface area contributed by atoms with Gasteiger partial charge in [-0.2, -0.15) is 0 Å². The van der Waals surface area contributed by atoms with Crippen LogP contribution in [-0.4, -0.2) is 15.2 Å². The number of aromatic amines is 2. The van der Waals surface area contributed by atoms with Crippen molar-refractivity contribution >= 4 is 16.8 Å². The van der Waals surface area contributed by atoms with Crippen molar-refractivity contribution in [2.45, 2.75) is 13.8 Å². The Balaban J connectivity index is 0.000000310. The zero-order valence-corrected chi connectivity index (χ0v) is 7.94. The van der Waals surface area contributed by atoms with Crippen molar-refractivity contribution in [2.24, 2.45) is 0 Å². The average Bonchev–Trinajstić information content (AvgIpc) is 1.96. The van der Waals surface area contributed by atoms with Gasteiger partial charge in [0, 0.05) is 18.7 Å². The Bertz CT molecular complexity index is 389. The van der Waals surface area contributed by atoms with E-state index >= 15 is 0 Å². The summed E-state index contributed by atoms with van der Waals surface area (Å²) in [6.45, 7) is 2.91. The number of aryl methyl sites for hydroxylation is 1. The fourth-order valence-electron chi connectivity index (χ4n) is 0.477. The van der Waals surface area contributed by atoms with Gasteiger partial charge in [0.15, 0.2) is 0 Å². The minimum Gasteiger partial charge on any atom is -0.314 e. The summed E-state index contributed by atoms with van der Waals surface area (Å²) in [5.74, 6) is 0. The van der Waals surface area contributed by atoms with E-state index in [1.54, 1.807) is 6.92 Å². The molecule has 0 radical (unpaired) electrons. The van der Waals surface area contributed by atoms with Crippen molar-refractivity contribution in [2.75, 3.05) is 0 Å². The normalized spacial score (nSPS) is 8.54. The second kappa shape index (κ2) is 5.31. The van der Waals surface area contributed by atoms with Gasteiger partial charge < -0.3 is 4.98 Å². The molecule has 0 saturated carbocycles. The topological polar surface area (TPSA) is 82.8 Å². The lowest BCUT2D eigenvalue weighted by atomic mass is 10.4. The van der Waals surface area contributed by atoms with E-state index in [4.69, 9.17) is 0 Å². The summed E-state index contributed by atoms with van der Waals surface area (Å²) in [6, 6.07) is 0. The van der Waals surface area contributed by atoms with E-state index in [0.29, 0.717) is 5.56 Å². The Morgan fingerprint density at radius 3 is 2.23 bits per heavy atom. The zero-order valence-electron chi connectivity index (χ0n) is 7.18. The monoisotopic (exact) mass is 204 g/mol. The van der Waals surface area contributed by atoms with Gasteiger partial charge in [-0.05, 0) is 18.5 Å². The number of nitrogens with one attached hydrogen (secondary N) is 2. The molecule has 1 heterocycles. The SMILES string of the molecule is CC(=O)Cl.Cc1c[nH]c(=O)[nH]c1=O. The largest absolute Gasteiger partial charge is 0.325 e. The molecule has 1 rings (SSSR count). The number of rotatable bonds is 0. The molecule has 6 heteroatoms. The third-order valence-corrected chi connectivity index (χ3v) is 1.00. The molecule has 0 aliphatic heterocycles. The van der Waals surface area contributed by atoms with E-state index in [2.05, 4.69) is 21.6 Å². The van der Waals surface area contributed by atoms with Crippen LogP contribution in [0.2, 0.25) is 0 Å². The van der Waals surface area contributed by atoms with E-state index in [1.165, 1.54) is 13.1 Å². The molecular formula is C7H9ClN2O3. The third-order valence-electron chi connectivity index (χ3n) is 1.00. The summed E-state index contributed by atoms with van der Waals surface area (Å²) in [4.78, 5) is 34.5. The molecule has 0 fully saturated rings. The van der Waals surface area contributed by atoms with Gasteiger partial charge in [0.1, 0.15) is 0 Å². The second-order valence-corrected chi connectivity index (χ2v) is 2.76. The third kappa shape index (κ3) is 5.86. The highest BCUT2D eigenvalue weighted by Crippen LogP contribution is 1.73. The predicted octanol–water partition coefficient (Wildman–Crippen LogP) is 0.143. The van der Waals surface area contributed by atoms with Gasteiger partial charge in [-0.1, -0.05) is 0 Å². The molecule has 0 bridgehead atoms. The number of H-pyrrole nitrogens is 2. The predicted molar refractivity (Wildman–Crippen MR) is 49.0 cm³/mol. The van der Waals surface area contributed by atoms with Gasteiger partial charge in [-0.3, -0.25) is 14.6 Å². The maximum absolute atomic E-state index is 10.6. The lowest BCUT2D eigenvalue weighted by Crippen LogP contribution is -2.22. The van der Waals surface area contributed by atoms with Crippen molar-refractivity contribution in [1.29, 1.82) is 0 Å². The molecule has 1 aromatic rings. The average molecular weight is 205 g/mol. The fourth-order valence-corrected chi connectivity index (χ4v) is 0.477. The number of aromatic nitrogens is 2. The standard InChI is InChI=1S/C5H6N2O2.C2H3ClO/c1-3-2-6-5(9)7-4(3)8;1-2(3)4/h2H,1H3,(H2,6,7,8,9);1H3. The summed E-state index contributed by atoms with van der Waals surface area (Å²) < 4.78 is 0. The first-order valence-electron chi connectivity index (χ1n) is 3.38. The van der Waals surface area contributed by atoms with Crippen molar-refractivity contribution in [1.82, 2.24) is 9.97 Å². The number of carbonyl (C=O) groups is 1. The molecule has 72 valence electrons. The first-order chi connectivity index (χ1) is 5.93. The lowest BCUT2D eigenvalue weighted by Gasteiger charge is -1.84. The minimum absolute atomic E-state index is 0.334. The van der Waals surface area contributed by atoms with Crippen LogP contribution in [0.3, 0.4) is 0 Å². The Hall–Kier alpha value is -1.36. The van der Waals surface area contributed by atoms with E-state index < -0.39 is 5.69 Å².